The van der Waals surface area contributed by atoms with E-state index >= 15 is 0 Å². The molecule has 6 heterocycles. The van der Waals surface area contributed by atoms with Gasteiger partial charge in [-0.1, -0.05) is 0 Å². The van der Waals surface area contributed by atoms with Crippen molar-refractivity contribution in [3.63, 3.8) is 0 Å². The van der Waals surface area contributed by atoms with Gasteiger partial charge in [-0.15, -0.1) is 0 Å². The lowest BCUT2D eigenvalue weighted by Gasteiger charge is -2.60. The van der Waals surface area contributed by atoms with Gasteiger partial charge in [0.15, 0.2) is 0 Å². The van der Waals surface area contributed by atoms with Crippen LogP contribution in [0.5, 0.6) is 0 Å². The van der Waals surface area contributed by atoms with Crippen molar-refractivity contribution in [1.82, 2.24) is 0 Å². The highest BCUT2D eigenvalue weighted by Gasteiger charge is 2.77. The second kappa shape index (κ2) is 5.61. The van der Waals surface area contributed by atoms with E-state index in [0.29, 0.717) is 5.67 Å². The predicted octanol–water partition coefficient (Wildman–Crippen LogP) is 1.33. The summed E-state index contributed by atoms with van der Waals surface area (Å²) in [6, 6.07) is 0. The molecule has 0 aromatic heterocycles. The van der Waals surface area contributed by atoms with Crippen molar-refractivity contribution in [2.45, 2.75) is 58.0 Å². The highest BCUT2D eigenvalue weighted by molar-refractivity contribution is 7.05. The van der Waals surface area contributed by atoms with Gasteiger partial charge < -0.3 is 45.3 Å². The van der Waals surface area contributed by atoms with Gasteiger partial charge in [-0.25, -0.2) is 0 Å². The minimum Gasteiger partial charge on any atom is -0.395 e. The molecule has 11 nitrogen and oxygen atoms in total. The smallest absolute Gasteiger partial charge is 0.395 e. The van der Waals surface area contributed by atoms with E-state index in [-0.39, 0.29) is 0 Å². The molecule has 6 aliphatic heterocycles. The second-order valence-corrected chi connectivity index (χ2v) is 34.0. The van der Waals surface area contributed by atoms with Gasteiger partial charge in [-0.2, -0.15) is 0 Å². The molecule has 6 rings (SSSR count). The van der Waals surface area contributed by atoms with Gasteiger partial charge in [0.1, 0.15) is 0 Å². The van der Waals surface area contributed by atoms with Crippen molar-refractivity contribution in [2.24, 2.45) is 0 Å². The van der Waals surface area contributed by atoms with Crippen LogP contribution in [0, 0.1) is 0 Å². The molecule has 0 radical (unpaired) electrons. The van der Waals surface area contributed by atoms with Gasteiger partial charge in [-0.3, -0.25) is 0 Å². The summed E-state index contributed by atoms with van der Waals surface area (Å²) in [5, 5.41) is 0. The van der Waals surface area contributed by atoms with Crippen molar-refractivity contribution < 1.29 is 45.3 Å². The average molecular weight is 535 g/mol. The van der Waals surface area contributed by atoms with Gasteiger partial charge in [0, 0.05) is 44.9 Å². The Hall–Kier alpha value is 1.30. The first-order chi connectivity index (χ1) is 12.5. The lowest BCUT2D eigenvalue weighted by Crippen LogP contribution is -2.85. The van der Waals surface area contributed by atoms with Gasteiger partial charge in [0.25, 0.3) is 0 Å². The molecular weight excluding hydrogens is 509 g/mol. The second-order valence-electron chi connectivity index (χ2n) is 8.74. The van der Waals surface area contributed by atoms with Crippen molar-refractivity contribution in [3.8, 4) is 0 Å². The molecule has 0 aromatic rings. The molecule has 0 aromatic carbocycles. The molecule has 0 amide bonds. The fourth-order valence-electron chi connectivity index (χ4n) is 5.07. The maximum Gasteiger partial charge on any atom is 0.475 e. The number of rotatable bonds is 0. The Morgan fingerprint density at radius 2 is 0.500 bits per heavy atom. The van der Waals surface area contributed by atoms with Crippen molar-refractivity contribution in [2.75, 3.05) is 0 Å². The van der Waals surface area contributed by atoms with Crippen LogP contribution in [0.1, 0.15) is 0 Å². The summed E-state index contributed by atoms with van der Waals surface area (Å²) in [7, 11) is -25.6. The van der Waals surface area contributed by atoms with E-state index in [2.05, 4.69) is 0 Å². The highest BCUT2D eigenvalue weighted by atomic mass is 28.6. The van der Waals surface area contributed by atoms with Gasteiger partial charge in [0.2, 0.25) is 0 Å². The Morgan fingerprint density at radius 3 is 0.714 bits per heavy atom. The standard InChI is InChI=1S/C9H26O11Si8/c1-21-9-22(2)12-25(5)14-23(3,10-21)16-27(7)17-24(4,11-21)15-26(6,13-22)19-28(8,18-25)20-27/h9H2,1-8H3. The number of hydrogen-bond donors (Lipinski definition) is 0. The lowest BCUT2D eigenvalue weighted by molar-refractivity contribution is 0.0141. The third-order valence-corrected chi connectivity index (χ3v) is 43.6. The molecule has 8 bridgehead atoms. The Labute approximate surface area is 173 Å². The van der Waals surface area contributed by atoms with Crippen LogP contribution in [0.2, 0.25) is 58.0 Å². The molecule has 28 heavy (non-hydrogen) atoms. The molecule has 0 aliphatic carbocycles. The van der Waals surface area contributed by atoms with E-state index < -0.39 is 69.9 Å². The molecular formula is C9H26O11Si8. The van der Waals surface area contributed by atoms with Crippen LogP contribution in [0.25, 0.3) is 0 Å². The topological polar surface area (TPSA) is 102 Å². The van der Waals surface area contributed by atoms with E-state index in [1.165, 1.54) is 0 Å². The van der Waals surface area contributed by atoms with E-state index in [0.717, 1.165) is 0 Å². The minimum atomic E-state index is -3.34. The zero-order valence-corrected chi connectivity index (χ0v) is 25.2. The van der Waals surface area contributed by atoms with Crippen LogP contribution >= 0.6 is 0 Å². The van der Waals surface area contributed by atoms with Gasteiger partial charge >= 0.3 is 69.9 Å². The maximum absolute atomic E-state index is 6.62. The molecule has 0 N–H and O–H groups in total. The summed E-state index contributed by atoms with van der Waals surface area (Å²) >= 11 is 0. The van der Waals surface area contributed by atoms with Crippen LogP contribution in [-0.4, -0.2) is 69.9 Å². The monoisotopic (exact) mass is 534 g/mol. The third-order valence-electron chi connectivity index (χ3n) is 4.84. The molecule has 6 fully saturated rings. The fourth-order valence-corrected chi connectivity index (χ4v) is 55.7. The van der Waals surface area contributed by atoms with Crippen LogP contribution in [0.15, 0.2) is 0 Å². The Balaban J connectivity index is 1.79. The molecule has 4 unspecified atom stereocenters. The summed E-state index contributed by atoms with van der Waals surface area (Å²) in [5.74, 6) is 0. The van der Waals surface area contributed by atoms with Crippen LogP contribution in [-0.2, 0) is 45.3 Å². The van der Waals surface area contributed by atoms with Crippen molar-refractivity contribution in [1.29, 1.82) is 0 Å². The molecule has 19 heteroatoms. The molecule has 6 aliphatic rings. The first kappa shape index (κ1) is 21.2. The first-order valence-electron chi connectivity index (χ1n) is 9.20. The zero-order chi connectivity index (χ0) is 20.5. The molecule has 160 valence electrons. The van der Waals surface area contributed by atoms with Gasteiger partial charge in [-0.05, 0) is 13.1 Å². The summed E-state index contributed by atoms with van der Waals surface area (Å²) in [4.78, 5) is 0. The molecule has 0 saturated carbocycles. The Kier molecular flexibility index (Phi) is 4.24. The Morgan fingerprint density at radius 1 is 0.321 bits per heavy atom. The fraction of sp³-hybridized carbons (Fsp3) is 1.00. The molecule has 4 atom stereocenters. The summed E-state index contributed by atoms with van der Waals surface area (Å²) in [5.41, 5.74) is 0.528. The third kappa shape index (κ3) is 3.51. The Bertz CT molecular complexity index is 490. The van der Waals surface area contributed by atoms with E-state index in [1.54, 1.807) is 13.1 Å². The normalized spacial score (nSPS) is 66.0. The first-order valence-corrected chi connectivity index (χ1v) is 27.6. The predicted molar refractivity (Wildman–Crippen MR) is 110 cm³/mol. The highest BCUT2D eigenvalue weighted by Crippen LogP contribution is 2.48. The van der Waals surface area contributed by atoms with E-state index in [1.807, 2.05) is 39.3 Å². The summed E-state index contributed by atoms with van der Waals surface area (Å²) in [6.07, 6.45) is 0. The quantitative estimate of drug-likeness (QED) is 0.421. The molecule has 0 spiro atoms. The summed E-state index contributed by atoms with van der Waals surface area (Å²) < 4.78 is 71.8. The van der Waals surface area contributed by atoms with E-state index in [4.69, 9.17) is 45.3 Å². The van der Waals surface area contributed by atoms with Crippen LogP contribution in [0.3, 0.4) is 0 Å². The van der Waals surface area contributed by atoms with Crippen molar-refractivity contribution >= 4 is 69.9 Å². The average Bonchev–Trinajstić information content (AvgIpc) is 2.22. The largest absolute Gasteiger partial charge is 0.475 e. The summed E-state index contributed by atoms with van der Waals surface area (Å²) in [6.45, 7) is 14.8. The van der Waals surface area contributed by atoms with Crippen LogP contribution in [0.4, 0.5) is 0 Å². The minimum absolute atomic E-state index is 0.528. The number of hydrogen-bond acceptors (Lipinski definition) is 11. The zero-order valence-electron chi connectivity index (χ0n) is 17.2. The maximum atomic E-state index is 6.62. The lowest BCUT2D eigenvalue weighted by atomic mass is 11.8. The van der Waals surface area contributed by atoms with Crippen LogP contribution < -0.4 is 0 Å². The molecule has 6 saturated heterocycles. The van der Waals surface area contributed by atoms with Gasteiger partial charge in [0.05, 0.1) is 0 Å². The van der Waals surface area contributed by atoms with Crippen molar-refractivity contribution in [3.05, 3.63) is 0 Å². The SMILES string of the molecule is C[Si]12C[Si]3(C)O[Si]4(C)O[Si](C)(O1)O[Si]1(C)O[Si](C)(O2)O[Si](C)(O3)O[Si](C)(O4)O1. The van der Waals surface area contributed by atoms with E-state index in [9.17, 15) is 0 Å².